The third-order valence-corrected chi connectivity index (χ3v) is 9.52. The number of alkyl halides is 1. The minimum Gasteiger partial charge on any atom is -0.449 e. The minimum absolute atomic E-state index is 0.0123. The number of hydrogen-bond donors (Lipinski definition) is 1. The van der Waals surface area contributed by atoms with E-state index in [9.17, 15) is 18.3 Å². The second-order valence-electron chi connectivity index (χ2n) is 10.1. The number of amides is 1. The van der Waals surface area contributed by atoms with Crippen molar-refractivity contribution < 1.29 is 32.2 Å². The Morgan fingerprint density at radius 3 is 2.30 bits per heavy atom. The first-order chi connectivity index (χ1) is 17.5. The zero-order chi connectivity index (χ0) is 27.4. The van der Waals surface area contributed by atoms with E-state index in [0.29, 0.717) is 44.0 Å². The van der Waals surface area contributed by atoms with Crippen LogP contribution >= 0.6 is 11.6 Å². The number of benzene rings is 1. The highest BCUT2D eigenvalue weighted by Crippen LogP contribution is 2.53. The van der Waals surface area contributed by atoms with Gasteiger partial charge < -0.3 is 19.5 Å². The Bertz CT molecular complexity index is 1010. The number of carbonyl (C=O) groups is 1. The molecule has 37 heavy (non-hydrogen) atoms. The summed E-state index contributed by atoms with van der Waals surface area (Å²) in [5.74, 6) is 0. The molecule has 3 aliphatic rings. The van der Waals surface area contributed by atoms with Crippen LogP contribution in [0.2, 0.25) is 5.02 Å². The number of sulfonamides is 1. The molecule has 0 radical (unpaired) electrons. The molecule has 1 aliphatic carbocycles. The van der Waals surface area contributed by atoms with Crippen molar-refractivity contribution in [3.8, 4) is 0 Å². The summed E-state index contributed by atoms with van der Waals surface area (Å²) in [7, 11) is -4.16. The van der Waals surface area contributed by atoms with Crippen molar-refractivity contribution in [2.24, 2.45) is 5.41 Å². The molecule has 0 aromatic heterocycles. The average molecular weight is 564 g/mol. The molecule has 9 nitrogen and oxygen atoms in total. The summed E-state index contributed by atoms with van der Waals surface area (Å²) in [5.41, 5.74) is -1.06. The zero-order valence-corrected chi connectivity index (χ0v) is 23.6. The molecule has 3 fully saturated rings. The van der Waals surface area contributed by atoms with E-state index in [1.54, 1.807) is 4.90 Å². The smallest absolute Gasteiger partial charge is 0.409 e. The Hall–Kier alpha value is -1.50. The molecule has 0 spiro atoms. The zero-order valence-electron chi connectivity index (χ0n) is 22.0. The van der Waals surface area contributed by atoms with Crippen LogP contribution in [-0.4, -0.2) is 104 Å². The van der Waals surface area contributed by atoms with Crippen LogP contribution in [0.3, 0.4) is 0 Å². The number of nitrogens with zero attached hydrogens (tertiary/aromatic N) is 3. The molecule has 12 heteroatoms. The Morgan fingerprint density at radius 1 is 1.16 bits per heavy atom. The highest BCUT2D eigenvalue weighted by atomic mass is 35.5. The fraction of sp³-hybridized carbons (Fsp3) is 0.720. The van der Waals surface area contributed by atoms with Gasteiger partial charge in [0, 0.05) is 42.2 Å². The fourth-order valence-corrected chi connectivity index (χ4v) is 6.57. The van der Waals surface area contributed by atoms with Crippen LogP contribution in [0.4, 0.5) is 9.18 Å². The van der Waals surface area contributed by atoms with Crippen molar-refractivity contribution >= 4 is 27.7 Å². The van der Waals surface area contributed by atoms with Gasteiger partial charge in [-0.05, 0) is 51.0 Å². The Kier molecular flexibility index (Phi) is 9.85. The van der Waals surface area contributed by atoms with Gasteiger partial charge >= 0.3 is 6.09 Å². The lowest BCUT2D eigenvalue weighted by atomic mass is 9.97. The Balaban J connectivity index is 0.00000186. The number of piperazine rings is 1. The van der Waals surface area contributed by atoms with E-state index in [0.717, 1.165) is 4.31 Å². The first kappa shape index (κ1) is 30.0. The number of halogens is 2. The first-order valence-electron chi connectivity index (χ1n) is 12.8. The highest BCUT2D eigenvalue weighted by molar-refractivity contribution is 7.89. The van der Waals surface area contributed by atoms with Gasteiger partial charge in [0.1, 0.15) is 6.61 Å². The largest absolute Gasteiger partial charge is 0.449 e. The first-order valence-corrected chi connectivity index (χ1v) is 14.6. The van der Waals surface area contributed by atoms with Crippen molar-refractivity contribution in [2.45, 2.75) is 63.3 Å². The molecule has 0 bridgehead atoms. The lowest BCUT2D eigenvalue weighted by molar-refractivity contribution is -0.0841. The van der Waals surface area contributed by atoms with Crippen LogP contribution in [0, 0.1) is 5.41 Å². The third kappa shape index (κ3) is 6.57. The van der Waals surface area contributed by atoms with Crippen LogP contribution in [0.15, 0.2) is 29.2 Å². The molecule has 1 aromatic rings. The topological polar surface area (TPSA) is 99.6 Å². The Morgan fingerprint density at radius 2 is 1.76 bits per heavy atom. The normalized spacial score (nSPS) is 24.7. The van der Waals surface area contributed by atoms with Crippen LogP contribution in [0.1, 0.15) is 40.5 Å². The van der Waals surface area contributed by atoms with Crippen LogP contribution in [-0.2, 0) is 19.5 Å². The minimum atomic E-state index is -4.16. The van der Waals surface area contributed by atoms with Crippen molar-refractivity contribution in [3.05, 3.63) is 29.3 Å². The average Bonchev–Trinajstić information content (AvgIpc) is 3.69. The molecule has 1 saturated carbocycles. The van der Waals surface area contributed by atoms with Gasteiger partial charge in [-0.15, -0.1) is 0 Å². The number of carbonyl (C=O) groups excluding carboxylic acids is 1. The predicted octanol–water partition coefficient (Wildman–Crippen LogP) is 3.36. The van der Waals surface area contributed by atoms with E-state index < -0.39 is 33.9 Å². The van der Waals surface area contributed by atoms with Gasteiger partial charge in [-0.2, -0.15) is 4.31 Å². The number of aliphatic hydroxyl groups excluding tert-OH is 1. The van der Waals surface area contributed by atoms with E-state index in [4.69, 9.17) is 21.1 Å². The van der Waals surface area contributed by atoms with Gasteiger partial charge in [-0.25, -0.2) is 17.6 Å². The summed E-state index contributed by atoms with van der Waals surface area (Å²) in [6.45, 7) is 9.74. The summed E-state index contributed by atoms with van der Waals surface area (Å²) >= 11 is 5.89. The molecule has 2 heterocycles. The van der Waals surface area contributed by atoms with Gasteiger partial charge in [-0.1, -0.05) is 25.4 Å². The molecule has 1 amide bonds. The van der Waals surface area contributed by atoms with Crippen molar-refractivity contribution in [3.63, 3.8) is 0 Å². The third-order valence-electron chi connectivity index (χ3n) is 7.37. The number of aliphatic hydroxyl groups is 1. The summed E-state index contributed by atoms with van der Waals surface area (Å²) in [4.78, 5) is 16.4. The molecule has 4 rings (SSSR count). The summed E-state index contributed by atoms with van der Waals surface area (Å²) in [6, 6.07) is 4.82. The molecular weight excluding hydrogens is 525 g/mol. The fourth-order valence-electron chi connectivity index (χ4n) is 4.74. The van der Waals surface area contributed by atoms with Crippen molar-refractivity contribution in [1.82, 2.24) is 14.1 Å². The SMILES string of the molecule is CC.CC(C)(CO)N1CCN(C(=O)OCC2([C@H]3COC[C@@H](F)N3S(=O)(=O)c3ccc(Cl)cc3)CC2)CC1. The maximum atomic E-state index is 15.0. The second-order valence-corrected chi connectivity index (χ2v) is 12.4. The van der Waals surface area contributed by atoms with E-state index in [2.05, 4.69) is 4.90 Å². The monoisotopic (exact) mass is 563 g/mol. The van der Waals surface area contributed by atoms with E-state index in [1.165, 1.54) is 24.3 Å². The van der Waals surface area contributed by atoms with Crippen LogP contribution in [0.5, 0.6) is 0 Å². The maximum absolute atomic E-state index is 15.0. The molecule has 210 valence electrons. The Labute approximate surface area is 224 Å². The number of ether oxygens (including phenoxy) is 2. The molecule has 1 aromatic carbocycles. The highest BCUT2D eigenvalue weighted by Gasteiger charge is 2.58. The molecular formula is C25H39ClFN3O6S. The lowest BCUT2D eigenvalue weighted by Crippen LogP contribution is -2.58. The lowest BCUT2D eigenvalue weighted by Gasteiger charge is -2.43. The number of rotatable bonds is 7. The molecule has 2 aliphatic heterocycles. The quantitative estimate of drug-likeness (QED) is 0.508. The summed E-state index contributed by atoms with van der Waals surface area (Å²) in [5, 5.41) is 9.95. The maximum Gasteiger partial charge on any atom is 0.409 e. The summed E-state index contributed by atoms with van der Waals surface area (Å²) in [6.07, 6.45) is -1.11. The molecule has 2 atom stereocenters. The van der Waals surface area contributed by atoms with E-state index in [1.807, 2.05) is 27.7 Å². The van der Waals surface area contributed by atoms with Crippen molar-refractivity contribution in [1.29, 1.82) is 0 Å². The van der Waals surface area contributed by atoms with E-state index >= 15 is 4.39 Å². The van der Waals surface area contributed by atoms with Gasteiger partial charge in [0.2, 0.25) is 10.0 Å². The van der Waals surface area contributed by atoms with Crippen LogP contribution in [0.25, 0.3) is 0 Å². The predicted molar refractivity (Wildman–Crippen MR) is 139 cm³/mol. The number of hydrogen-bond acceptors (Lipinski definition) is 7. The molecule has 0 unspecified atom stereocenters. The van der Waals surface area contributed by atoms with Crippen LogP contribution < -0.4 is 0 Å². The van der Waals surface area contributed by atoms with E-state index in [-0.39, 0.29) is 36.9 Å². The van der Waals surface area contributed by atoms with Gasteiger partial charge in [0.05, 0.1) is 30.8 Å². The molecule has 2 saturated heterocycles. The van der Waals surface area contributed by atoms with Gasteiger partial charge in [0.15, 0.2) is 6.30 Å². The summed E-state index contributed by atoms with van der Waals surface area (Å²) < 4.78 is 53.7. The standard InChI is InChI=1S/C23H33ClFN3O6S.C2H6/c1-22(2,15-29)27-11-9-26(10-12-27)21(30)34-16-23(7-8-23)19-13-33-14-20(25)28(19)35(31,32)18-5-3-17(24)4-6-18;1-2/h3-6,19-20,29H,7-16H2,1-2H3;1-2H3/t19-,20+;/m1./s1. The number of morpholine rings is 1. The van der Waals surface area contributed by atoms with Gasteiger partial charge in [-0.3, -0.25) is 4.90 Å². The van der Waals surface area contributed by atoms with Crippen molar-refractivity contribution in [2.75, 3.05) is 52.6 Å². The second kappa shape index (κ2) is 12.1. The van der Waals surface area contributed by atoms with Gasteiger partial charge in [0.25, 0.3) is 0 Å². The molecule has 1 N–H and O–H groups in total.